The Balaban J connectivity index is 1.56. The Hall–Kier alpha value is -4.26. The Morgan fingerprint density at radius 3 is 2.37 bits per heavy atom. The topological polar surface area (TPSA) is 85.3 Å². The molecule has 5 rings (SSSR count). The molecule has 0 aliphatic carbocycles. The fourth-order valence-corrected chi connectivity index (χ4v) is 5.04. The summed E-state index contributed by atoms with van der Waals surface area (Å²) in [6.07, 6.45) is 0.802. The van der Waals surface area contributed by atoms with Gasteiger partial charge in [0.05, 0.1) is 24.8 Å². The lowest BCUT2D eigenvalue weighted by molar-refractivity contribution is -0.140. The monoisotopic (exact) mass is 513 g/mol. The highest BCUT2D eigenvalue weighted by Crippen LogP contribution is 2.41. The van der Waals surface area contributed by atoms with Crippen LogP contribution < -0.4 is 14.2 Å². The zero-order chi connectivity index (χ0) is 27.0. The number of likely N-dealkylation sites (tertiary alicyclic amines) is 1. The number of hydrogen-bond donors (Lipinski definition) is 1. The normalized spacial score (nSPS) is 20.0. The van der Waals surface area contributed by atoms with E-state index in [1.165, 1.54) is 4.90 Å². The maximum atomic E-state index is 13.4. The van der Waals surface area contributed by atoms with Crippen LogP contribution in [0.3, 0.4) is 0 Å². The van der Waals surface area contributed by atoms with E-state index in [-0.39, 0.29) is 30.1 Å². The van der Waals surface area contributed by atoms with Gasteiger partial charge in [0.15, 0.2) is 0 Å². The highest BCUT2D eigenvalue weighted by Gasteiger charge is 2.46. The van der Waals surface area contributed by atoms with Crippen LogP contribution in [0.1, 0.15) is 49.1 Å². The first kappa shape index (κ1) is 25.4. The first-order chi connectivity index (χ1) is 18.2. The van der Waals surface area contributed by atoms with Gasteiger partial charge >= 0.3 is 0 Å². The van der Waals surface area contributed by atoms with Crippen LogP contribution in [-0.4, -0.2) is 41.0 Å². The zero-order valence-corrected chi connectivity index (χ0v) is 21.9. The van der Waals surface area contributed by atoms with E-state index in [9.17, 15) is 14.7 Å². The number of methoxy groups -OCH3 is 1. The summed E-state index contributed by atoms with van der Waals surface area (Å²) in [7, 11) is 1.58. The van der Waals surface area contributed by atoms with Crippen molar-refractivity contribution in [2.45, 2.75) is 52.0 Å². The number of benzene rings is 3. The van der Waals surface area contributed by atoms with Gasteiger partial charge in [-0.25, -0.2) is 0 Å². The van der Waals surface area contributed by atoms with Gasteiger partial charge in [-0.3, -0.25) is 9.59 Å². The number of nitrogens with zero attached hydrogens (tertiary/aromatic N) is 1. The van der Waals surface area contributed by atoms with E-state index in [2.05, 4.69) is 0 Å². The van der Waals surface area contributed by atoms with Crippen LogP contribution in [0.5, 0.6) is 17.2 Å². The van der Waals surface area contributed by atoms with Gasteiger partial charge in [0.25, 0.3) is 11.7 Å². The minimum Gasteiger partial charge on any atom is -0.507 e. The highest BCUT2D eigenvalue weighted by molar-refractivity contribution is 6.46. The van der Waals surface area contributed by atoms with Crippen molar-refractivity contribution in [3.8, 4) is 17.2 Å². The Bertz CT molecular complexity index is 1390. The summed E-state index contributed by atoms with van der Waals surface area (Å²) in [6.45, 7) is 6.08. The van der Waals surface area contributed by atoms with Crippen LogP contribution in [0.4, 0.5) is 0 Å². The molecule has 0 spiro atoms. The van der Waals surface area contributed by atoms with E-state index >= 15 is 0 Å². The average Bonchev–Trinajstić information content (AvgIpc) is 3.40. The van der Waals surface area contributed by atoms with Crippen molar-refractivity contribution in [3.63, 3.8) is 0 Å². The maximum absolute atomic E-state index is 13.4. The summed E-state index contributed by atoms with van der Waals surface area (Å²) >= 11 is 0. The number of fused-ring (bicyclic) bond motifs is 1. The number of ether oxygens (including phenoxy) is 3. The predicted molar refractivity (Wildman–Crippen MR) is 143 cm³/mol. The lowest BCUT2D eigenvalue weighted by Gasteiger charge is -2.26. The van der Waals surface area contributed by atoms with Crippen LogP contribution in [-0.2, 0) is 22.6 Å². The summed E-state index contributed by atoms with van der Waals surface area (Å²) in [4.78, 5) is 28.3. The fraction of sp³-hybridized carbons (Fsp3) is 0.290. The third kappa shape index (κ3) is 4.84. The van der Waals surface area contributed by atoms with Gasteiger partial charge in [0.1, 0.15) is 29.1 Å². The number of amides is 1. The fourth-order valence-electron chi connectivity index (χ4n) is 5.04. The number of carbonyl (C=O) groups is 2. The second kappa shape index (κ2) is 10.2. The number of rotatable bonds is 7. The second-order valence-corrected chi connectivity index (χ2v) is 9.97. The molecule has 1 amide bonds. The molecule has 0 bridgehead atoms. The summed E-state index contributed by atoms with van der Waals surface area (Å²) < 4.78 is 16.8. The second-order valence-electron chi connectivity index (χ2n) is 9.97. The quantitative estimate of drug-likeness (QED) is 0.258. The molecule has 7 heteroatoms. The van der Waals surface area contributed by atoms with Gasteiger partial charge in [0, 0.05) is 18.5 Å². The maximum Gasteiger partial charge on any atom is 0.295 e. The summed E-state index contributed by atoms with van der Waals surface area (Å²) in [5, 5.41) is 11.4. The molecular weight excluding hydrogens is 482 g/mol. The Morgan fingerprint density at radius 2 is 1.71 bits per heavy atom. The van der Waals surface area contributed by atoms with Crippen LogP contribution in [0.25, 0.3) is 5.76 Å². The lowest BCUT2D eigenvalue weighted by Crippen LogP contribution is -2.29. The summed E-state index contributed by atoms with van der Waals surface area (Å²) in [5.74, 6) is 0.577. The first-order valence-corrected chi connectivity index (χ1v) is 12.7. The predicted octanol–water partition coefficient (Wildman–Crippen LogP) is 5.43. The Kier molecular flexibility index (Phi) is 6.85. The molecule has 3 aromatic carbocycles. The largest absolute Gasteiger partial charge is 0.507 e. The van der Waals surface area contributed by atoms with Gasteiger partial charge in [-0.15, -0.1) is 0 Å². The molecule has 0 aromatic heterocycles. The first-order valence-electron chi connectivity index (χ1n) is 12.7. The van der Waals surface area contributed by atoms with Crippen molar-refractivity contribution in [1.29, 1.82) is 0 Å². The third-order valence-corrected chi connectivity index (χ3v) is 6.79. The minimum absolute atomic E-state index is 0.0442. The minimum atomic E-state index is -0.768. The number of hydrogen-bond acceptors (Lipinski definition) is 6. The molecule has 2 heterocycles. The number of aliphatic hydroxyl groups excluding tert-OH is 1. The Morgan fingerprint density at radius 1 is 1.03 bits per heavy atom. The van der Waals surface area contributed by atoms with E-state index in [0.717, 1.165) is 22.6 Å². The average molecular weight is 514 g/mol. The third-order valence-electron chi connectivity index (χ3n) is 6.79. The van der Waals surface area contributed by atoms with Crippen molar-refractivity contribution < 1.29 is 28.9 Å². The molecule has 7 nitrogen and oxygen atoms in total. The molecule has 0 saturated carbocycles. The van der Waals surface area contributed by atoms with Gasteiger partial charge in [-0.2, -0.15) is 0 Å². The van der Waals surface area contributed by atoms with Gasteiger partial charge < -0.3 is 24.2 Å². The molecule has 1 fully saturated rings. The summed E-state index contributed by atoms with van der Waals surface area (Å²) in [5.41, 5.74) is 3.04. The zero-order valence-electron chi connectivity index (χ0n) is 21.9. The highest BCUT2D eigenvalue weighted by atomic mass is 16.5. The standard InChI is InChI=1S/C31H31NO6/c1-18(2)37-25-10-5-20(6-11-25)17-32-28(21-7-12-24(36-4)13-8-21)27(30(34)31(32)35)29(33)22-9-14-26-23(16-22)15-19(3)38-26/h5-14,16,18-19,28,33H,15,17H2,1-4H3/b29-27-. The van der Waals surface area contributed by atoms with E-state index in [1.54, 1.807) is 31.4 Å². The van der Waals surface area contributed by atoms with Crippen molar-refractivity contribution in [3.05, 3.63) is 94.6 Å². The molecule has 3 aromatic rings. The SMILES string of the molecule is COc1ccc(C2/C(=C(/O)c3ccc4c(c3)CC(C)O4)C(=O)C(=O)N2Cc2ccc(OC(C)C)cc2)cc1. The van der Waals surface area contributed by atoms with E-state index in [0.29, 0.717) is 23.3 Å². The molecule has 38 heavy (non-hydrogen) atoms. The molecule has 196 valence electrons. The van der Waals surface area contributed by atoms with E-state index < -0.39 is 17.7 Å². The van der Waals surface area contributed by atoms with Crippen LogP contribution in [0.2, 0.25) is 0 Å². The van der Waals surface area contributed by atoms with Crippen LogP contribution >= 0.6 is 0 Å². The molecular formula is C31H31NO6. The Labute approximate surface area is 222 Å². The van der Waals surface area contributed by atoms with Gasteiger partial charge in [-0.1, -0.05) is 24.3 Å². The molecule has 1 saturated heterocycles. The smallest absolute Gasteiger partial charge is 0.295 e. The van der Waals surface area contributed by atoms with Crippen molar-refractivity contribution in [2.75, 3.05) is 7.11 Å². The molecule has 2 aliphatic rings. The summed E-state index contributed by atoms with van der Waals surface area (Å²) in [6, 6.07) is 19.2. The number of aliphatic hydroxyl groups is 1. The van der Waals surface area contributed by atoms with Crippen LogP contribution in [0.15, 0.2) is 72.3 Å². The molecule has 2 aliphatic heterocycles. The molecule has 0 radical (unpaired) electrons. The van der Waals surface area contributed by atoms with Crippen molar-refractivity contribution in [1.82, 2.24) is 4.90 Å². The molecule has 2 unspecified atom stereocenters. The number of Topliss-reactive ketones (excluding diaryl/α,β-unsaturated/α-hetero) is 1. The molecule has 1 N–H and O–H groups in total. The number of carbonyl (C=O) groups excluding carboxylic acids is 2. The molecule has 2 atom stereocenters. The van der Waals surface area contributed by atoms with Crippen LogP contribution in [0, 0.1) is 0 Å². The van der Waals surface area contributed by atoms with E-state index in [1.807, 2.05) is 63.2 Å². The van der Waals surface area contributed by atoms with Crippen molar-refractivity contribution in [2.24, 2.45) is 0 Å². The van der Waals surface area contributed by atoms with Gasteiger partial charge in [-0.05, 0) is 79.9 Å². The van der Waals surface area contributed by atoms with E-state index in [4.69, 9.17) is 14.2 Å². The lowest BCUT2D eigenvalue weighted by atomic mass is 9.94. The van der Waals surface area contributed by atoms with Gasteiger partial charge in [0.2, 0.25) is 0 Å². The number of ketones is 1. The van der Waals surface area contributed by atoms with Crippen molar-refractivity contribution >= 4 is 17.4 Å².